The van der Waals surface area contributed by atoms with Gasteiger partial charge < -0.3 is 5.32 Å². The van der Waals surface area contributed by atoms with Crippen LogP contribution < -0.4 is 5.32 Å². The molecule has 1 nitrogen and oxygen atoms in total. The molecule has 0 bridgehead atoms. The first-order valence-electron chi connectivity index (χ1n) is 5.47. The van der Waals surface area contributed by atoms with Crippen LogP contribution in [-0.4, -0.2) is 0 Å². The zero-order valence-electron chi connectivity index (χ0n) is 8.83. The molecule has 0 spiro atoms. The van der Waals surface area contributed by atoms with Crippen LogP contribution in [0.3, 0.4) is 0 Å². The van der Waals surface area contributed by atoms with Crippen LogP contribution in [0.25, 0.3) is 0 Å². The lowest BCUT2D eigenvalue weighted by molar-refractivity contribution is 0.977. The van der Waals surface area contributed by atoms with E-state index in [0.717, 1.165) is 17.3 Å². The third-order valence-corrected chi connectivity index (χ3v) is 3.70. The molecule has 2 heteroatoms. The molecule has 1 aliphatic rings. The van der Waals surface area contributed by atoms with E-state index in [1.54, 1.807) is 0 Å². The van der Waals surface area contributed by atoms with Gasteiger partial charge in [-0.05, 0) is 52.0 Å². The number of benzene rings is 2. The Hall–Kier alpha value is -1.28. The van der Waals surface area contributed by atoms with Crippen molar-refractivity contribution in [2.45, 2.75) is 12.8 Å². The molecule has 0 radical (unpaired) electrons. The molecule has 1 aliphatic heterocycles. The number of hydrogen-bond acceptors (Lipinski definition) is 1. The fourth-order valence-corrected chi connectivity index (χ4v) is 2.69. The molecule has 0 aromatic heterocycles. The fraction of sp³-hybridized carbons (Fsp3) is 0.143. The van der Waals surface area contributed by atoms with Crippen molar-refractivity contribution in [3.05, 3.63) is 58.1 Å². The lowest BCUT2D eigenvalue weighted by Gasteiger charge is -2.11. The number of para-hydroxylation sites is 2. The van der Waals surface area contributed by atoms with E-state index in [1.807, 2.05) is 0 Å². The fourth-order valence-electron chi connectivity index (χ4n) is 2.18. The normalized spacial score (nSPS) is 13.3. The zero-order chi connectivity index (χ0) is 11.0. The summed E-state index contributed by atoms with van der Waals surface area (Å²) in [6.45, 7) is 0. The number of fused-ring (bicyclic) bond motifs is 2. The molecule has 0 saturated heterocycles. The van der Waals surface area contributed by atoms with E-state index in [4.69, 9.17) is 0 Å². The summed E-state index contributed by atoms with van der Waals surface area (Å²) < 4.78 is 1.14. The summed E-state index contributed by atoms with van der Waals surface area (Å²) in [4.78, 5) is 0. The van der Waals surface area contributed by atoms with E-state index in [9.17, 15) is 0 Å². The minimum atomic E-state index is 1.10. The third kappa shape index (κ3) is 1.63. The SMILES string of the molecule is Brc1cccc2c1Nc1ccccc1CC2. The van der Waals surface area contributed by atoms with Crippen LogP contribution in [0.5, 0.6) is 0 Å². The monoisotopic (exact) mass is 273 g/mol. The van der Waals surface area contributed by atoms with E-state index in [-0.39, 0.29) is 0 Å². The first kappa shape index (κ1) is 9.91. The highest BCUT2D eigenvalue weighted by Crippen LogP contribution is 2.34. The highest BCUT2D eigenvalue weighted by molar-refractivity contribution is 9.10. The van der Waals surface area contributed by atoms with Crippen LogP contribution >= 0.6 is 15.9 Å². The number of aryl methyl sites for hydroxylation is 2. The molecule has 0 aliphatic carbocycles. The molecule has 2 aromatic carbocycles. The third-order valence-electron chi connectivity index (χ3n) is 3.04. The predicted octanol–water partition coefficient (Wildman–Crippen LogP) is 4.29. The summed E-state index contributed by atoms with van der Waals surface area (Å²) in [6, 6.07) is 14.9. The summed E-state index contributed by atoms with van der Waals surface area (Å²) >= 11 is 3.61. The lowest BCUT2D eigenvalue weighted by atomic mass is 10.0. The van der Waals surface area contributed by atoms with Gasteiger partial charge in [0.15, 0.2) is 0 Å². The van der Waals surface area contributed by atoms with Gasteiger partial charge in [0.05, 0.1) is 5.69 Å². The van der Waals surface area contributed by atoms with Crippen molar-refractivity contribution >= 4 is 27.3 Å². The van der Waals surface area contributed by atoms with E-state index >= 15 is 0 Å². The van der Waals surface area contributed by atoms with Crippen LogP contribution in [-0.2, 0) is 12.8 Å². The maximum Gasteiger partial charge on any atom is 0.0561 e. The Morgan fingerprint density at radius 3 is 2.56 bits per heavy atom. The average molecular weight is 274 g/mol. The molecule has 2 aromatic rings. The van der Waals surface area contributed by atoms with E-state index in [0.29, 0.717) is 0 Å². The molecule has 0 atom stereocenters. The van der Waals surface area contributed by atoms with Crippen LogP contribution in [0.15, 0.2) is 46.9 Å². The van der Waals surface area contributed by atoms with Gasteiger partial charge in [0, 0.05) is 10.2 Å². The maximum atomic E-state index is 3.61. The van der Waals surface area contributed by atoms with Crippen molar-refractivity contribution in [1.82, 2.24) is 0 Å². The van der Waals surface area contributed by atoms with Gasteiger partial charge in [0.25, 0.3) is 0 Å². The van der Waals surface area contributed by atoms with Gasteiger partial charge in [-0.15, -0.1) is 0 Å². The Morgan fingerprint density at radius 1 is 0.875 bits per heavy atom. The van der Waals surface area contributed by atoms with Crippen molar-refractivity contribution in [2.75, 3.05) is 5.32 Å². The Balaban J connectivity index is 2.13. The van der Waals surface area contributed by atoms with Gasteiger partial charge in [0.1, 0.15) is 0 Å². The zero-order valence-corrected chi connectivity index (χ0v) is 10.4. The summed E-state index contributed by atoms with van der Waals surface area (Å²) in [5.74, 6) is 0. The molecule has 3 rings (SSSR count). The summed E-state index contributed by atoms with van der Waals surface area (Å²) in [6.07, 6.45) is 2.20. The molecule has 80 valence electrons. The first-order chi connectivity index (χ1) is 7.84. The summed E-state index contributed by atoms with van der Waals surface area (Å²) in [7, 11) is 0. The number of halogens is 1. The number of hydrogen-bond donors (Lipinski definition) is 1. The van der Waals surface area contributed by atoms with Crippen LogP contribution in [0.2, 0.25) is 0 Å². The standard InChI is InChI=1S/C14H12BrN/c15-12-6-3-5-11-9-8-10-4-1-2-7-13(10)16-14(11)12/h1-7,16H,8-9H2. The van der Waals surface area contributed by atoms with Crippen molar-refractivity contribution in [3.63, 3.8) is 0 Å². The topological polar surface area (TPSA) is 12.0 Å². The Bertz CT molecular complexity index is 534. The molecule has 0 saturated carbocycles. The molecule has 0 amide bonds. The van der Waals surface area contributed by atoms with Crippen LogP contribution in [0.1, 0.15) is 11.1 Å². The van der Waals surface area contributed by atoms with Crippen molar-refractivity contribution in [3.8, 4) is 0 Å². The first-order valence-corrected chi connectivity index (χ1v) is 6.26. The van der Waals surface area contributed by atoms with E-state index in [1.165, 1.54) is 22.5 Å². The second kappa shape index (κ2) is 3.95. The Kier molecular flexibility index (Phi) is 2.44. The number of rotatable bonds is 0. The van der Waals surface area contributed by atoms with Gasteiger partial charge in [-0.3, -0.25) is 0 Å². The minimum absolute atomic E-state index is 1.10. The summed E-state index contributed by atoms with van der Waals surface area (Å²) in [5.41, 5.74) is 5.22. The lowest BCUT2D eigenvalue weighted by Crippen LogP contribution is -1.93. The minimum Gasteiger partial charge on any atom is -0.354 e. The Labute approximate surface area is 104 Å². The van der Waals surface area contributed by atoms with Gasteiger partial charge >= 0.3 is 0 Å². The van der Waals surface area contributed by atoms with E-state index < -0.39 is 0 Å². The van der Waals surface area contributed by atoms with Gasteiger partial charge in [0.2, 0.25) is 0 Å². The quantitative estimate of drug-likeness (QED) is 0.755. The second-order valence-corrected chi connectivity index (χ2v) is 4.91. The molecule has 0 fully saturated rings. The molecular formula is C14H12BrN. The average Bonchev–Trinajstić information content (AvgIpc) is 2.50. The van der Waals surface area contributed by atoms with Crippen LogP contribution in [0.4, 0.5) is 11.4 Å². The number of anilines is 2. The van der Waals surface area contributed by atoms with Crippen molar-refractivity contribution in [2.24, 2.45) is 0 Å². The Morgan fingerprint density at radius 2 is 1.62 bits per heavy atom. The van der Waals surface area contributed by atoms with Gasteiger partial charge in [-0.1, -0.05) is 30.3 Å². The molecular weight excluding hydrogens is 262 g/mol. The van der Waals surface area contributed by atoms with Gasteiger partial charge in [-0.25, -0.2) is 0 Å². The van der Waals surface area contributed by atoms with Crippen molar-refractivity contribution in [1.29, 1.82) is 0 Å². The summed E-state index contributed by atoms with van der Waals surface area (Å²) in [5, 5.41) is 3.52. The molecule has 1 N–H and O–H groups in total. The van der Waals surface area contributed by atoms with E-state index in [2.05, 4.69) is 63.7 Å². The van der Waals surface area contributed by atoms with Crippen LogP contribution in [0, 0.1) is 0 Å². The second-order valence-electron chi connectivity index (χ2n) is 4.06. The molecule has 1 heterocycles. The molecule has 0 unspecified atom stereocenters. The predicted molar refractivity (Wildman–Crippen MR) is 71.3 cm³/mol. The highest BCUT2D eigenvalue weighted by atomic mass is 79.9. The van der Waals surface area contributed by atoms with Gasteiger partial charge in [-0.2, -0.15) is 0 Å². The smallest absolute Gasteiger partial charge is 0.0561 e. The maximum absolute atomic E-state index is 3.61. The highest BCUT2D eigenvalue weighted by Gasteiger charge is 2.13. The molecule has 16 heavy (non-hydrogen) atoms. The number of nitrogens with one attached hydrogen (secondary N) is 1. The largest absolute Gasteiger partial charge is 0.354 e. The van der Waals surface area contributed by atoms with Crippen molar-refractivity contribution < 1.29 is 0 Å².